The molecule has 0 spiro atoms. The Morgan fingerprint density at radius 2 is 2.07 bits per heavy atom. The molecule has 0 unspecified atom stereocenters. The lowest BCUT2D eigenvalue weighted by Gasteiger charge is -2.17. The Morgan fingerprint density at radius 3 is 2.64 bits per heavy atom. The Morgan fingerprint density at radius 1 is 1.36 bits per heavy atom. The SMILES string of the molecule is C[Si](C)(C)c1cccc(CN=[N+]=[N-])c1. The molecule has 0 amide bonds. The quantitative estimate of drug-likeness (QED) is 0.315. The van der Waals surface area contributed by atoms with Crippen molar-refractivity contribution in [1.82, 2.24) is 0 Å². The molecule has 0 atom stereocenters. The highest BCUT2D eigenvalue weighted by molar-refractivity contribution is 6.88. The van der Waals surface area contributed by atoms with E-state index in [2.05, 4.69) is 41.8 Å². The summed E-state index contributed by atoms with van der Waals surface area (Å²) >= 11 is 0. The first-order chi connectivity index (χ1) is 6.54. The molecule has 0 aliphatic carbocycles. The average Bonchev–Trinajstić information content (AvgIpc) is 2.14. The molecule has 1 aromatic rings. The maximum atomic E-state index is 8.22. The van der Waals surface area contributed by atoms with E-state index in [1.54, 1.807) is 0 Å². The Labute approximate surface area is 85.4 Å². The van der Waals surface area contributed by atoms with Crippen LogP contribution in [0.5, 0.6) is 0 Å². The van der Waals surface area contributed by atoms with Gasteiger partial charge >= 0.3 is 0 Å². The molecule has 0 aliphatic heterocycles. The Balaban J connectivity index is 2.95. The first kappa shape index (κ1) is 10.8. The highest BCUT2D eigenvalue weighted by Gasteiger charge is 2.15. The van der Waals surface area contributed by atoms with Crippen molar-refractivity contribution in [3.63, 3.8) is 0 Å². The first-order valence-electron chi connectivity index (χ1n) is 4.64. The molecule has 0 radical (unpaired) electrons. The second kappa shape index (κ2) is 4.31. The van der Waals surface area contributed by atoms with Crippen molar-refractivity contribution in [3.8, 4) is 0 Å². The molecule has 74 valence electrons. The largest absolute Gasteiger partial charge is 0.0893 e. The van der Waals surface area contributed by atoms with Gasteiger partial charge in [0.05, 0.1) is 14.6 Å². The van der Waals surface area contributed by atoms with Crippen LogP contribution in [0.4, 0.5) is 0 Å². The number of benzene rings is 1. The third kappa shape index (κ3) is 2.91. The zero-order valence-corrected chi connectivity index (χ0v) is 9.86. The van der Waals surface area contributed by atoms with E-state index in [0.29, 0.717) is 6.54 Å². The Kier molecular flexibility index (Phi) is 3.33. The second-order valence-corrected chi connectivity index (χ2v) is 9.42. The molecule has 14 heavy (non-hydrogen) atoms. The number of azide groups is 1. The molecule has 1 rings (SSSR count). The molecular formula is C10H15N3Si. The van der Waals surface area contributed by atoms with Crippen molar-refractivity contribution >= 4 is 13.3 Å². The first-order valence-corrected chi connectivity index (χ1v) is 8.14. The van der Waals surface area contributed by atoms with Crippen molar-refractivity contribution in [2.45, 2.75) is 26.2 Å². The summed E-state index contributed by atoms with van der Waals surface area (Å²) in [6.45, 7) is 7.37. The third-order valence-electron chi connectivity index (χ3n) is 2.11. The van der Waals surface area contributed by atoms with Gasteiger partial charge in [0, 0.05) is 4.91 Å². The summed E-state index contributed by atoms with van der Waals surface area (Å²) in [4.78, 5) is 2.76. The molecule has 0 saturated carbocycles. The van der Waals surface area contributed by atoms with Gasteiger partial charge in [0.15, 0.2) is 0 Å². The molecule has 0 saturated heterocycles. The van der Waals surface area contributed by atoms with Gasteiger partial charge in [-0.3, -0.25) is 0 Å². The summed E-state index contributed by atoms with van der Waals surface area (Å²) in [6.07, 6.45) is 0. The smallest absolute Gasteiger partial charge is 0.0776 e. The van der Waals surface area contributed by atoms with Gasteiger partial charge in [-0.2, -0.15) is 0 Å². The summed E-state index contributed by atoms with van der Waals surface area (Å²) in [7, 11) is -1.24. The second-order valence-electron chi connectivity index (χ2n) is 4.34. The van der Waals surface area contributed by atoms with Crippen LogP contribution in [0, 0.1) is 0 Å². The normalized spacial score (nSPS) is 10.8. The highest BCUT2D eigenvalue weighted by Crippen LogP contribution is 2.06. The number of hydrogen-bond acceptors (Lipinski definition) is 1. The zero-order chi connectivity index (χ0) is 10.6. The van der Waals surface area contributed by atoms with E-state index in [1.807, 2.05) is 12.1 Å². The van der Waals surface area contributed by atoms with E-state index < -0.39 is 8.07 Å². The van der Waals surface area contributed by atoms with E-state index in [4.69, 9.17) is 5.53 Å². The number of rotatable bonds is 3. The predicted molar refractivity (Wildman–Crippen MR) is 62.3 cm³/mol. The molecule has 0 N–H and O–H groups in total. The van der Waals surface area contributed by atoms with Crippen LogP contribution in [0.15, 0.2) is 29.4 Å². The molecule has 0 fully saturated rings. The van der Waals surface area contributed by atoms with Crippen molar-refractivity contribution in [2.24, 2.45) is 5.11 Å². The summed E-state index contributed by atoms with van der Waals surface area (Å²) in [5.74, 6) is 0. The van der Waals surface area contributed by atoms with E-state index >= 15 is 0 Å². The molecule has 0 aliphatic rings. The van der Waals surface area contributed by atoms with E-state index in [9.17, 15) is 0 Å². The van der Waals surface area contributed by atoms with Crippen LogP contribution in [-0.4, -0.2) is 8.07 Å². The topological polar surface area (TPSA) is 48.8 Å². The van der Waals surface area contributed by atoms with Crippen LogP contribution in [0.1, 0.15) is 5.56 Å². The fraction of sp³-hybridized carbons (Fsp3) is 0.400. The molecule has 4 heteroatoms. The summed E-state index contributed by atoms with van der Waals surface area (Å²) in [6, 6.07) is 8.35. The lowest BCUT2D eigenvalue weighted by Crippen LogP contribution is -2.37. The van der Waals surface area contributed by atoms with Gasteiger partial charge in [0.1, 0.15) is 0 Å². The number of hydrogen-bond donors (Lipinski definition) is 0. The minimum atomic E-state index is -1.24. The summed E-state index contributed by atoms with van der Waals surface area (Å²) in [5, 5.41) is 4.97. The number of nitrogens with zero attached hydrogens (tertiary/aromatic N) is 3. The van der Waals surface area contributed by atoms with E-state index in [1.165, 1.54) is 5.19 Å². The van der Waals surface area contributed by atoms with Gasteiger partial charge < -0.3 is 0 Å². The maximum Gasteiger partial charge on any atom is 0.0776 e. The van der Waals surface area contributed by atoms with Crippen LogP contribution < -0.4 is 5.19 Å². The minimum Gasteiger partial charge on any atom is -0.0893 e. The monoisotopic (exact) mass is 205 g/mol. The van der Waals surface area contributed by atoms with Crippen molar-refractivity contribution in [2.75, 3.05) is 0 Å². The molecule has 0 aromatic heterocycles. The lowest BCUT2D eigenvalue weighted by atomic mass is 10.2. The minimum absolute atomic E-state index is 0.453. The fourth-order valence-corrected chi connectivity index (χ4v) is 2.46. The molecule has 3 nitrogen and oxygen atoms in total. The van der Waals surface area contributed by atoms with Gasteiger partial charge in [-0.05, 0) is 11.1 Å². The standard InChI is InChI=1S/C10H15N3Si/c1-14(2,3)10-6-4-5-9(7-10)8-12-13-11/h4-7H,8H2,1-3H3. The summed E-state index contributed by atoms with van der Waals surface area (Å²) in [5.41, 5.74) is 9.32. The predicted octanol–water partition coefficient (Wildman–Crippen LogP) is 3.04. The van der Waals surface area contributed by atoms with Crippen molar-refractivity contribution in [1.29, 1.82) is 0 Å². The molecule has 1 aromatic carbocycles. The third-order valence-corrected chi connectivity index (χ3v) is 4.15. The van der Waals surface area contributed by atoms with Crippen LogP contribution in [-0.2, 0) is 6.54 Å². The fourth-order valence-electron chi connectivity index (χ4n) is 1.25. The van der Waals surface area contributed by atoms with Gasteiger partial charge in [-0.1, -0.05) is 54.2 Å². The van der Waals surface area contributed by atoms with Crippen molar-refractivity contribution in [3.05, 3.63) is 40.3 Å². The van der Waals surface area contributed by atoms with Crippen LogP contribution in [0.25, 0.3) is 10.4 Å². The average molecular weight is 205 g/mol. The van der Waals surface area contributed by atoms with E-state index in [0.717, 1.165) is 5.56 Å². The van der Waals surface area contributed by atoms with Crippen LogP contribution in [0.3, 0.4) is 0 Å². The summed E-state index contributed by atoms with van der Waals surface area (Å²) < 4.78 is 0. The van der Waals surface area contributed by atoms with Crippen LogP contribution >= 0.6 is 0 Å². The maximum absolute atomic E-state index is 8.22. The van der Waals surface area contributed by atoms with E-state index in [-0.39, 0.29) is 0 Å². The van der Waals surface area contributed by atoms with Gasteiger partial charge in [0.2, 0.25) is 0 Å². The lowest BCUT2D eigenvalue weighted by molar-refractivity contribution is 1.05. The van der Waals surface area contributed by atoms with Gasteiger partial charge in [-0.25, -0.2) is 0 Å². The Bertz CT molecular complexity index is 362. The molecule has 0 heterocycles. The zero-order valence-electron chi connectivity index (χ0n) is 8.86. The van der Waals surface area contributed by atoms with Crippen LogP contribution in [0.2, 0.25) is 19.6 Å². The molecule has 0 bridgehead atoms. The Hall–Kier alpha value is -1.25. The highest BCUT2D eigenvalue weighted by atomic mass is 28.3. The molecular weight excluding hydrogens is 190 g/mol. The van der Waals surface area contributed by atoms with Crippen molar-refractivity contribution < 1.29 is 0 Å². The van der Waals surface area contributed by atoms with Gasteiger partial charge in [0.25, 0.3) is 0 Å². The van der Waals surface area contributed by atoms with Gasteiger partial charge in [-0.15, -0.1) is 0 Å².